The molecule has 12 heteroatoms. The fraction of sp³-hybridized carbons (Fsp3) is 0.227. The number of rotatable bonds is 9. The second-order valence-electron chi connectivity index (χ2n) is 7.51. The highest BCUT2D eigenvalue weighted by atomic mass is 16.6. The molecule has 1 heterocycles. The van der Waals surface area contributed by atoms with Crippen LogP contribution >= 0.6 is 0 Å². The summed E-state index contributed by atoms with van der Waals surface area (Å²) in [5, 5.41) is 21.0. The van der Waals surface area contributed by atoms with Crippen molar-refractivity contribution in [3.8, 4) is 0 Å². The molecule has 0 saturated carbocycles. The van der Waals surface area contributed by atoms with Gasteiger partial charge in [-0.25, -0.2) is 9.59 Å². The summed E-state index contributed by atoms with van der Waals surface area (Å²) in [5.41, 5.74) is 7.49. The molecule has 1 atom stereocenters. The van der Waals surface area contributed by atoms with Gasteiger partial charge in [0.2, 0.25) is 0 Å². The van der Waals surface area contributed by atoms with Crippen LogP contribution in [0.5, 0.6) is 0 Å². The maximum atomic E-state index is 12.6. The average Bonchev–Trinajstić information content (AvgIpc) is 3.18. The normalized spacial score (nSPS) is 11.5. The number of hydrogen-bond acceptors (Lipinski definition) is 9. The van der Waals surface area contributed by atoms with E-state index in [0.29, 0.717) is 22.5 Å². The number of nitrogens with two attached hydrogens (primary N) is 1. The van der Waals surface area contributed by atoms with Crippen LogP contribution in [0, 0.1) is 0 Å². The summed E-state index contributed by atoms with van der Waals surface area (Å²) in [5.74, 6) is -1.38. The standard InChI is InChI=1S/C22H24N6O6/c1-12(2)33-22(32)26-17(19(30)31)10-13-6-8-15(9-7-13)24-18(29)14-4-3-5-16(11-14)25-21-27-20(23)34-28-21/h3-9,11-12,17H,10H2,1-2H3,(H,24,29)(H,26,32)(H,30,31)(H3,23,25,27,28). The molecule has 0 aliphatic heterocycles. The van der Waals surface area contributed by atoms with E-state index in [-0.39, 0.29) is 30.4 Å². The minimum atomic E-state index is -1.19. The Morgan fingerprint density at radius 1 is 1.12 bits per heavy atom. The van der Waals surface area contributed by atoms with Crippen molar-refractivity contribution in [1.29, 1.82) is 0 Å². The molecule has 3 aromatic rings. The van der Waals surface area contributed by atoms with Gasteiger partial charge in [0.05, 0.1) is 6.10 Å². The molecule has 1 unspecified atom stereocenters. The van der Waals surface area contributed by atoms with Crippen LogP contribution in [-0.4, -0.2) is 45.4 Å². The van der Waals surface area contributed by atoms with Gasteiger partial charge in [0.15, 0.2) is 0 Å². The Morgan fingerprint density at radius 3 is 2.47 bits per heavy atom. The van der Waals surface area contributed by atoms with E-state index in [1.165, 1.54) is 0 Å². The van der Waals surface area contributed by atoms with Crippen LogP contribution in [0.15, 0.2) is 53.1 Å². The zero-order valence-corrected chi connectivity index (χ0v) is 18.4. The Labute approximate surface area is 194 Å². The first kappa shape index (κ1) is 24.0. The van der Waals surface area contributed by atoms with Gasteiger partial charge < -0.3 is 36.1 Å². The third-order valence-corrected chi connectivity index (χ3v) is 4.41. The summed E-state index contributed by atoms with van der Waals surface area (Å²) in [6.45, 7) is 3.33. The molecule has 0 aliphatic carbocycles. The molecule has 6 N–H and O–H groups in total. The smallest absolute Gasteiger partial charge is 0.408 e. The van der Waals surface area contributed by atoms with Crippen molar-refractivity contribution < 1.29 is 28.8 Å². The molecule has 2 aromatic carbocycles. The maximum absolute atomic E-state index is 12.6. The lowest BCUT2D eigenvalue weighted by atomic mass is 10.1. The van der Waals surface area contributed by atoms with E-state index in [4.69, 9.17) is 10.5 Å². The zero-order valence-electron chi connectivity index (χ0n) is 18.4. The van der Waals surface area contributed by atoms with Gasteiger partial charge in [-0.2, -0.15) is 4.98 Å². The molecule has 3 rings (SSSR count). The summed E-state index contributed by atoms with van der Waals surface area (Å²) >= 11 is 0. The molecular weight excluding hydrogens is 444 g/mol. The molecule has 0 aliphatic rings. The van der Waals surface area contributed by atoms with E-state index in [1.807, 2.05) is 0 Å². The number of hydrogen-bond donors (Lipinski definition) is 5. The van der Waals surface area contributed by atoms with Crippen molar-refractivity contribution >= 4 is 41.3 Å². The van der Waals surface area contributed by atoms with Crippen molar-refractivity contribution in [3.05, 3.63) is 59.7 Å². The van der Waals surface area contributed by atoms with Crippen molar-refractivity contribution in [2.75, 3.05) is 16.4 Å². The number of carbonyl (C=O) groups is 3. The van der Waals surface area contributed by atoms with E-state index in [9.17, 15) is 19.5 Å². The highest BCUT2D eigenvalue weighted by Gasteiger charge is 2.21. The number of carboxylic acid groups (broad SMARTS) is 1. The summed E-state index contributed by atoms with van der Waals surface area (Å²) in [7, 11) is 0. The van der Waals surface area contributed by atoms with E-state index in [1.54, 1.807) is 62.4 Å². The first-order chi connectivity index (χ1) is 16.2. The SMILES string of the molecule is CC(C)OC(=O)NC(Cc1ccc(NC(=O)c2cccc(Nc3noc(N)n3)c2)cc1)C(=O)O. The van der Waals surface area contributed by atoms with Crippen molar-refractivity contribution in [3.63, 3.8) is 0 Å². The minimum Gasteiger partial charge on any atom is -0.480 e. The van der Waals surface area contributed by atoms with Crippen molar-refractivity contribution in [2.24, 2.45) is 0 Å². The number of benzene rings is 2. The fourth-order valence-corrected chi connectivity index (χ4v) is 2.91. The molecule has 0 saturated heterocycles. The van der Waals surface area contributed by atoms with E-state index >= 15 is 0 Å². The molecule has 12 nitrogen and oxygen atoms in total. The monoisotopic (exact) mass is 468 g/mol. The molecule has 178 valence electrons. The number of aliphatic carboxylic acids is 1. The lowest BCUT2D eigenvalue weighted by Crippen LogP contribution is -2.43. The number of carbonyl (C=O) groups excluding carboxylic acids is 2. The molecular formula is C22H24N6O6. The van der Waals surface area contributed by atoms with Crippen LogP contribution in [0.3, 0.4) is 0 Å². The van der Waals surface area contributed by atoms with Gasteiger partial charge in [-0.1, -0.05) is 18.2 Å². The van der Waals surface area contributed by atoms with Crippen molar-refractivity contribution in [1.82, 2.24) is 15.5 Å². The number of aromatic nitrogens is 2. The summed E-state index contributed by atoms with van der Waals surface area (Å²) in [6, 6.07) is 12.0. The number of nitrogen functional groups attached to an aromatic ring is 1. The number of alkyl carbamates (subject to hydrolysis) is 1. The Hall–Kier alpha value is -4.61. The van der Waals surface area contributed by atoms with Gasteiger partial charge in [-0.05, 0) is 54.9 Å². The van der Waals surface area contributed by atoms with Crippen LogP contribution in [0.4, 0.5) is 28.1 Å². The zero-order chi connectivity index (χ0) is 24.7. The number of nitrogens with one attached hydrogen (secondary N) is 3. The lowest BCUT2D eigenvalue weighted by molar-refractivity contribution is -0.139. The Balaban J connectivity index is 1.60. The number of anilines is 4. The number of nitrogens with zero attached hydrogens (tertiary/aromatic N) is 2. The second kappa shape index (κ2) is 10.8. The summed E-state index contributed by atoms with van der Waals surface area (Å²) < 4.78 is 9.62. The van der Waals surface area contributed by atoms with Crippen molar-refractivity contribution in [2.45, 2.75) is 32.4 Å². The quantitative estimate of drug-likeness (QED) is 0.313. The molecule has 2 amide bonds. The van der Waals surface area contributed by atoms with Gasteiger partial charge in [0, 0.05) is 23.4 Å². The predicted octanol–water partition coefficient (Wildman–Crippen LogP) is 2.78. The Kier molecular flexibility index (Phi) is 7.64. The number of carboxylic acids is 1. The van der Waals surface area contributed by atoms with Crippen LogP contribution in [-0.2, 0) is 16.0 Å². The molecule has 0 radical (unpaired) electrons. The fourth-order valence-electron chi connectivity index (χ4n) is 2.91. The Morgan fingerprint density at radius 2 is 1.85 bits per heavy atom. The van der Waals surface area contributed by atoms with Crippen LogP contribution in [0.25, 0.3) is 0 Å². The van der Waals surface area contributed by atoms with Gasteiger partial charge in [-0.3, -0.25) is 4.79 Å². The third-order valence-electron chi connectivity index (χ3n) is 4.41. The van der Waals surface area contributed by atoms with Crippen LogP contribution < -0.4 is 21.7 Å². The van der Waals surface area contributed by atoms with Gasteiger partial charge in [0.25, 0.3) is 11.9 Å². The first-order valence-corrected chi connectivity index (χ1v) is 10.3. The molecule has 1 aromatic heterocycles. The van der Waals surface area contributed by atoms with E-state index in [0.717, 1.165) is 0 Å². The largest absolute Gasteiger partial charge is 0.480 e. The van der Waals surface area contributed by atoms with Gasteiger partial charge >= 0.3 is 18.1 Å². The van der Waals surface area contributed by atoms with E-state index in [2.05, 4.69) is 30.6 Å². The molecule has 34 heavy (non-hydrogen) atoms. The third kappa shape index (κ3) is 6.95. The lowest BCUT2D eigenvalue weighted by Gasteiger charge is -2.16. The Bertz CT molecular complexity index is 1160. The topological polar surface area (TPSA) is 182 Å². The van der Waals surface area contributed by atoms with Crippen LogP contribution in [0.1, 0.15) is 29.8 Å². The van der Waals surface area contributed by atoms with Gasteiger partial charge in [0.1, 0.15) is 6.04 Å². The van der Waals surface area contributed by atoms with Crippen LogP contribution in [0.2, 0.25) is 0 Å². The van der Waals surface area contributed by atoms with E-state index < -0.39 is 18.1 Å². The average molecular weight is 468 g/mol. The first-order valence-electron chi connectivity index (χ1n) is 10.3. The number of amides is 2. The molecule has 0 fully saturated rings. The number of ether oxygens (including phenoxy) is 1. The second-order valence-corrected chi connectivity index (χ2v) is 7.51. The minimum absolute atomic E-state index is 0.0467. The maximum Gasteiger partial charge on any atom is 0.408 e. The van der Waals surface area contributed by atoms with Gasteiger partial charge in [-0.15, -0.1) is 0 Å². The molecule has 0 spiro atoms. The predicted molar refractivity (Wildman–Crippen MR) is 123 cm³/mol. The summed E-state index contributed by atoms with van der Waals surface area (Å²) in [6.07, 6.45) is -1.12. The molecule has 0 bridgehead atoms. The highest BCUT2D eigenvalue weighted by molar-refractivity contribution is 6.04. The highest BCUT2D eigenvalue weighted by Crippen LogP contribution is 2.18. The summed E-state index contributed by atoms with van der Waals surface area (Å²) in [4.78, 5) is 39.7.